The zero-order chi connectivity index (χ0) is 19.0. The first kappa shape index (κ1) is 17.6. The van der Waals surface area contributed by atoms with E-state index >= 15 is 0 Å². The molecule has 9 heteroatoms. The Bertz CT molecular complexity index is 930. The Morgan fingerprint density at radius 3 is 2.48 bits per heavy atom. The van der Waals surface area contributed by atoms with E-state index in [0.717, 1.165) is 24.3 Å². The van der Waals surface area contributed by atoms with Gasteiger partial charge in [0.15, 0.2) is 5.65 Å². The number of nitrogens with two attached hydrogens (primary N) is 1. The SMILES string of the molecule is CC(C)C(C)n1cnc2c(-c3cnc(N)cn3)nc(N3CCOCC3)nc21. The first-order valence-corrected chi connectivity index (χ1v) is 9.19. The molecule has 0 amide bonds. The molecule has 0 saturated carbocycles. The molecule has 9 nitrogen and oxygen atoms in total. The summed E-state index contributed by atoms with van der Waals surface area (Å²) in [5.41, 5.74) is 8.52. The van der Waals surface area contributed by atoms with Gasteiger partial charge in [-0.3, -0.25) is 0 Å². The van der Waals surface area contributed by atoms with E-state index < -0.39 is 0 Å². The number of aromatic nitrogens is 6. The highest BCUT2D eigenvalue weighted by Gasteiger charge is 2.22. The van der Waals surface area contributed by atoms with E-state index in [1.165, 1.54) is 6.20 Å². The minimum atomic E-state index is 0.257. The van der Waals surface area contributed by atoms with Crippen LogP contribution in [-0.2, 0) is 4.74 Å². The molecule has 4 rings (SSSR count). The molecule has 1 aliphatic heterocycles. The highest BCUT2D eigenvalue weighted by atomic mass is 16.5. The van der Waals surface area contributed by atoms with Gasteiger partial charge < -0.3 is 19.9 Å². The van der Waals surface area contributed by atoms with E-state index in [9.17, 15) is 0 Å². The van der Waals surface area contributed by atoms with E-state index in [4.69, 9.17) is 20.4 Å². The molecule has 1 unspecified atom stereocenters. The third kappa shape index (κ3) is 3.30. The number of hydrogen-bond donors (Lipinski definition) is 1. The zero-order valence-electron chi connectivity index (χ0n) is 15.8. The van der Waals surface area contributed by atoms with Crippen molar-refractivity contribution in [3.05, 3.63) is 18.7 Å². The summed E-state index contributed by atoms with van der Waals surface area (Å²) in [6, 6.07) is 0.257. The molecule has 1 saturated heterocycles. The molecule has 1 aliphatic rings. The number of imidazole rings is 1. The zero-order valence-corrected chi connectivity index (χ0v) is 15.8. The van der Waals surface area contributed by atoms with Gasteiger partial charge in [-0.1, -0.05) is 13.8 Å². The monoisotopic (exact) mass is 368 g/mol. The summed E-state index contributed by atoms with van der Waals surface area (Å²) in [4.78, 5) is 24.9. The van der Waals surface area contributed by atoms with E-state index in [1.54, 1.807) is 6.20 Å². The second kappa shape index (κ2) is 7.07. The largest absolute Gasteiger partial charge is 0.382 e. The number of nitrogens with zero attached hydrogens (tertiary/aromatic N) is 7. The number of nitrogen functional groups attached to an aromatic ring is 1. The molecule has 1 fully saturated rings. The van der Waals surface area contributed by atoms with E-state index in [-0.39, 0.29) is 6.04 Å². The smallest absolute Gasteiger partial charge is 0.228 e. The lowest BCUT2D eigenvalue weighted by Gasteiger charge is -2.27. The summed E-state index contributed by atoms with van der Waals surface area (Å²) in [7, 11) is 0. The molecule has 0 radical (unpaired) electrons. The molecule has 2 N–H and O–H groups in total. The number of anilines is 2. The summed E-state index contributed by atoms with van der Waals surface area (Å²) in [6.45, 7) is 9.39. The van der Waals surface area contributed by atoms with Crippen molar-refractivity contribution in [3.8, 4) is 11.4 Å². The Kier molecular flexibility index (Phi) is 4.61. The molecule has 0 spiro atoms. The van der Waals surface area contributed by atoms with Crippen LogP contribution in [0.1, 0.15) is 26.8 Å². The van der Waals surface area contributed by atoms with Gasteiger partial charge in [-0.25, -0.2) is 19.9 Å². The van der Waals surface area contributed by atoms with Crippen LogP contribution in [0.5, 0.6) is 0 Å². The first-order chi connectivity index (χ1) is 13.0. The van der Waals surface area contributed by atoms with Crippen molar-refractivity contribution in [2.45, 2.75) is 26.8 Å². The Balaban J connectivity index is 1.90. The van der Waals surface area contributed by atoms with Gasteiger partial charge in [0, 0.05) is 19.1 Å². The maximum absolute atomic E-state index is 5.69. The molecule has 3 aromatic heterocycles. The van der Waals surface area contributed by atoms with Crippen molar-refractivity contribution in [1.82, 2.24) is 29.5 Å². The molecular weight excluding hydrogens is 344 g/mol. The van der Waals surface area contributed by atoms with Gasteiger partial charge in [0.1, 0.15) is 22.7 Å². The number of rotatable bonds is 4. The average molecular weight is 368 g/mol. The predicted octanol–water partition coefficient (Wildman–Crippen LogP) is 1.92. The van der Waals surface area contributed by atoms with Crippen LogP contribution in [-0.4, -0.2) is 55.8 Å². The molecule has 1 atom stereocenters. The van der Waals surface area contributed by atoms with E-state index in [2.05, 4.69) is 45.2 Å². The number of ether oxygens (including phenoxy) is 1. The predicted molar refractivity (Wildman–Crippen MR) is 103 cm³/mol. The van der Waals surface area contributed by atoms with Crippen molar-refractivity contribution in [3.63, 3.8) is 0 Å². The van der Waals surface area contributed by atoms with Crippen LogP contribution >= 0.6 is 0 Å². The number of morpholine rings is 1. The Morgan fingerprint density at radius 2 is 1.81 bits per heavy atom. The third-order valence-corrected chi connectivity index (χ3v) is 5.02. The third-order valence-electron chi connectivity index (χ3n) is 5.02. The van der Waals surface area contributed by atoms with Crippen LogP contribution < -0.4 is 10.6 Å². The van der Waals surface area contributed by atoms with Gasteiger partial charge in [0.05, 0.1) is 31.9 Å². The molecule has 0 aliphatic carbocycles. The van der Waals surface area contributed by atoms with Gasteiger partial charge >= 0.3 is 0 Å². The lowest BCUT2D eigenvalue weighted by Crippen LogP contribution is -2.37. The molecular formula is C18H24N8O. The van der Waals surface area contributed by atoms with Gasteiger partial charge in [0.2, 0.25) is 5.95 Å². The molecule has 4 heterocycles. The summed E-state index contributed by atoms with van der Waals surface area (Å²) >= 11 is 0. The van der Waals surface area contributed by atoms with Crippen molar-refractivity contribution >= 4 is 22.9 Å². The fourth-order valence-electron chi connectivity index (χ4n) is 3.07. The van der Waals surface area contributed by atoms with Crippen molar-refractivity contribution in [1.29, 1.82) is 0 Å². The first-order valence-electron chi connectivity index (χ1n) is 9.19. The average Bonchev–Trinajstić information content (AvgIpc) is 3.12. The van der Waals surface area contributed by atoms with Crippen LogP contribution in [0.2, 0.25) is 0 Å². The van der Waals surface area contributed by atoms with Gasteiger partial charge in [-0.05, 0) is 12.8 Å². The van der Waals surface area contributed by atoms with Gasteiger partial charge in [0.25, 0.3) is 0 Å². The Morgan fingerprint density at radius 1 is 1.04 bits per heavy atom. The Labute approximate surface area is 157 Å². The van der Waals surface area contributed by atoms with Crippen molar-refractivity contribution in [2.24, 2.45) is 5.92 Å². The maximum atomic E-state index is 5.69. The van der Waals surface area contributed by atoms with Crippen LogP contribution in [0, 0.1) is 5.92 Å². The lowest BCUT2D eigenvalue weighted by molar-refractivity contribution is 0.122. The fraction of sp³-hybridized carbons (Fsp3) is 0.500. The van der Waals surface area contributed by atoms with Crippen LogP contribution in [0.4, 0.5) is 11.8 Å². The van der Waals surface area contributed by atoms with E-state index in [1.807, 2.05) is 6.33 Å². The standard InChI is InChI=1S/C18H24N8O/c1-11(2)12(3)26-10-22-16-15(13-8-21-14(19)9-20-13)23-18(24-17(16)26)25-4-6-27-7-5-25/h8-12H,4-7H2,1-3H3,(H2,19,21). The maximum Gasteiger partial charge on any atom is 0.228 e. The summed E-state index contributed by atoms with van der Waals surface area (Å²) < 4.78 is 7.58. The summed E-state index contributed by atoms with van der Waals surface area (Å²) in [6.07, 6.45) is 5.00. The summed E-state index contributed by atoms with van der Waals surface area (Å²) in [5, 5.41) is 0. The lowest BCUT2D eigenvalue weighted by atomic mass is 10.1. The molecule has 0 aromatic carbocycles. The minimum Gasteiger partial charge on any atom is -0.382 e. The summed E-state index contributed by atoms with van der Waals surface area (Å²) in [5.74, 6) is 1.48. The topological polar surface area (TPSA) is 108 Å². The van der Waals surface area contributed by atoms with E-state index in [0.29, 0.717) is 42.3 Å². The molecule has 27 heavy (non-hydrogen) atoms. The highest BCUT2D eigenvalue weighted by molar-refractivity contribution is 5.87. The quantitative estimate of drug-likeness (QED) is 0.744. The van der Waals surface area contributed by atoms with Gasteiger partial charge in [-0.15, -0.1) is 0 Å². The second-order valence-corrected chi connectivity index (χ2v) is 7.11. The van der Waals surface area contributed by atoms with Crippen LogP contribution in [0.25, 0.3) is 22.6 Å². The second-order valence-electron chi connectivity index (χ2n) is 7.11. The Hall–Kier alpha value is -2.81. The molecule has 142 valence electrons. The normalized spacial score (nSPS) is 16.2. The molecule has 3 aromatic rings. The number of fused-ring (bicyclic) bond motifs is 1. The fourth-order valence-corrected chi connectivity index (χ4v) is 3.07. The van der Waals surface area contributed by atoms with Gasteiger partial charge in [-0.2, -0.15) is 4.98 Å². The highest BCUT2D eigenvalue weighted by Crippen LogP contribution is 2.29. The van der Waals surface area contributed by atoms with Crippen LogP contribution in [0.3, 0.4) is 0 Å². The van der Waals surface area contributed by atoms with Crippen molar-refractivity contribution in [2.75, 3.05) is 36.9 Å². The van der Waals surface area contributed by atoms with Crippen LogP contribution in [0.15, 0.2) is 18.7 Å². The van der Waals surface area contributed by atoms with Crippen molar-refractivity contribution < 1.29 is 4.74 Å². The number of hydrogen-bond acceptors (Lipinski definition) is 8. The molecule has 0 bridgehead atoms. The minimum absolute atomic E-state index is 0.257.